The fourth-order valence-corrected chi connectivity index (χ4v) is 3.70. The maximum absolute atomic E-state index is 12.7. The first-order chi connectivity index (χ1) is 15.0. The molecule has 0 spiro atoms. The summed E-state index contributed by atoms with van der Waals surface area (Å²) in [5.41, 5.74) is 2.11. The number of carbonyl (C=O) groups is 2. The number of nitrogens with one attached hydrogen (secondary N) is 1. The summed E-state index contributed by atoms with van der Waals surface area (Å²) in [4.78, 5) is 26.8. The first kappa shape index (κ1) is 23.1. The van der Waals surface area contributed by atoms with E-state index in [1.807, 2.05) is 24.0 Å². The van der Waals surface area contributed by atoms with Crippen LogP contribution < -0.4 is 10.1 Å². The molecule has 0 saturated carbocycles. The monoisotopic (exact) mass is 444 g/mol. The van der Waals surface area contributed by atoms with Crippen molar-refractivity contribution < 1.29 is 19.4 Å². The lowest BCUT2D eigenvalue weighted by molar-refractivity contribution is -0.116. The summed E-state index contributed by atoms with van der Waals surface area (Å²) in [7, 11) is 0. The Kier molecular flexibility index (Phi) is 8.32. The van der Waals surface area contributed by atoms with E-state index in [9.17, 15) is 14.7 Å². The molecule has 0 atom stereocenters. The number of nitrogens with zero attached hydrogens (tertiary/aromatic N) is 1. The number of benzene rings is 2. The molecule has 0 aliphatic carbocycles. The number of ether oxygens (including phenoxy) is 1. The Hall–Kier alpha value is -2.57. The van der Waals surface area contributed by atoms with Crippen LogP contribution in [0.2, 0.25) is 5.02 Å². The third-order valence-corrected chi connectivity index (χ3v) is 5.92. The molecule has 1 saturated heterocycles. The van der Waals surface area contributed by atoms with Crippen molar-refractivity contribution in [3.05, 3.63) is 58.6 Å². The van der Waals surface area contributed by atoms with Gasteiger partial charge in [-0.25, -0.2) is 0 Å². The molecule has 31 heavy (non-hydrogen) atoms. The Labute approximate surface area is 188 Å². The van der Waals surface area contributed by atoms with Crippen LogP contribution >= 0.6 is 11.6 Å². The molecule has 2 N–H and O–H groups in total. The average Bonchev–Trinajstić information content (AvgIpc) is 2.79. The first-order valence-electron chi connectivity index (χ1n) is 10.7. The van der Waals surface area contributed by atoms with Crippen LogP contribution in [-0.4, -0.2) is 48.1 Å². The maximum Gasteiger partial charge on any atom is 0.253 e. The Bertz CT molecular complexity index is 910. The molecule has 0 unspecified atom stereocenters. The minimum atomic E-state index is -0.121. The topological polar surface area (TPSA) is 78.9 Å². The molecule has 2 aromatic rings. The second-order valence-electron chi connectivity index (χ2n) is 7.91. The summed E-state index contributed by atoms with van der Waals surface area (Å²) < 4.78 is 5.67. The van der Waals surface area contributed by atoms with Crippen molar-refractivity contribution in [1.82, 2.24) is 4.90 Å². The summed E-state index contributed by atoms with van der Waals surface area (Å²) in [5.74, 6) is 0.849. The standard InChI is InChI=1S/C24H29ClN2O4/c1-17-14-21(7-8-22(17)25)31-13-3-6-23(29)26-20-5-2-4-19(15-20)24(30)27-11-9-18(16-28)10-12-27/h2,4-5,7-8,14-15,18,28H,3,6,9-13,16H2,1H3,(H,26,29). The lowest BCUT2D eigenvalue weighted by atomic mass is 9.97. The van der Waals surface area contributed by atoms with Gasteiger partial charge in [0.25, 0.3) is 5.91 Å². The van der Waals surface area contributed by atoms with Gasteiger partial charge in [0.05, 0.1) is 6.61 Å². The van der Waals surface area contributed by atoms with E-state index in [-0.39, 0.29) is 24.3 Å². The molecule has 6 nitrogen and oxygen atoms in total. The van der Waals surface area contributed by atoms with Gasteiger partial charge < -0.3 is 20.1 Å². The molecule has 1 fully saturated rings. The summed E-state index contributed by atoms with van der Waals surface area (Å²) in [6.07, 6.45) is 2.53. The molecule has 1 heterocycles. The van der Waals surface area contributed by atoms with Gasteiger partial charge >= 0.3 is 0 Å². The van der Waals surface area contributed by atoms with Gasteiger partial charge in [-0.1, -0.05) is 17.7 Å². The minimum Gasteiger partial charge on any atom is -0.494 e. The van der Waals surface area contributed by atoms with Crippen molar-refractivity contribution in [1.29, 1.82) is 0 Å². The number of rotatable bonds is 8. The summed E-state index contributed by atoms with van der Waals surface area (Å²) >= 11 is 6.01. The van der Waals surface area contributed by atoms with Crippen molar-refractivity contribution in [2.45, 2.75) is 32.6 Å². The van der Waals surface area contributed by atoms with Crippen molar-refractivity contribution in [2.75, 3.05) is 31.6 Å². The second kappa shape index (κ2) is 11.2. The number of hydrogen-bond acceptors (Lipinski definition) is 4. The number of hydrogen-bond donors (Lipinski definition) is 2. The molecular formula is C24H29ClN2O4. The molecular weight excluding hydrogens is 416 g/mol. The summed E-state index contributed by atoms with van der Waals surface area (Å²) in [6.45, 7) is 3.81. The predicted octanol–water partition coefficient (Wildman–Crippen LogP) is 4.29. The number of aliphatic hydroxyl groups excluding tert-OH is 1. The number of likely N-dealkylation sites (tertiary alicyclic amines) is 1. The van der Waals surface area contributed by atoms with Crippen molar-refractivity contribution >= 4 is 29.1 Å². The van der Waals surface area contributed by atoms with Gasteiger partial charge in [-0.2, -0.15) is 0 Å². The van der Waals surface area contributed by atoms with E-state index in [0.717, 1.165) is 24.2 Å². The zero-order chi connectivity index (χ0) is 22.2. The van der Waals surface area contributed by atoms with Crippen LogP contribution in [-0.2, 0) is 4.79 Å². The van der Waals surface area contributed by atoms with Gasteiger partial charge in [0.1, 0.15) is 5.75 Å². The first-order valence-corrected chi connectivity index (χ1v) is 11.0. The largest absolute Gasteiger partial charge is 0.494 e. The quantitative estimate of drug-likeness (QED) is 0.595. The van der Waals surface area contributed by atoms with Crippen LogP contribution in [0.5, 0.6) is 5.75 Å². The van der Waals surface area contributed by atoms with E-state index < -0.39 is 0 Å². The van der Waals surface area contributed by atoms with E-state index in [0.29, 0.717) is 48.8 Å². The predicted molar refractivity (Wildman–Crippen MR) is 122 cm³/mol. The SMILES string of the molecule is Cc1cc(OCCCC(=O)Nc2cccc(C(=O)N3CCC(CO)CC3)c2)ccc1Cl. The summed E-state index contributed by atoms with van der Waals surface area (Å²) in [5, 5.41) is 12.8. The fraction of sp³-hybridized carbons (Fsp3) is 0.417. The molecule has 166 valence electrons. The Morgan fingerprint density at radius 3 is 2.68 bits per heavy atom. The number of anilines is 1. The number of aryl methyl sites for hydroxylation is 1. The van der Waals surface area contributed by atoms with Crippen molar-refractivity contribution in [3.8, 4) is 5.75 Å². The Morgan fingerprint density at radius 2 is 1.97 bits per heavy atom. The Balaban J connectivity index is 1.45. The lowest BCUT2D eigenvalue weighted by Gasteiger charge is -2.31. The van der Waals surface area contributed by atoms with Crippen LogP contribution in [0.3, 0.4) is 0 Å². The highest BCUT2D eigenvalue weighted by Crippen LogP contribution is 2.22. The van der Waals surface area contributed by atoms with Gasteiger partial charge in [-0.05, 0) is 74.1 Å². The van der Waals surface area contributed by atoms with E-state index in [1.165, 1.54) is 0 Å². The third-order valence-electron chi connectivity index (χ3n) is 5.50. The van der Waals surface area contributed by atoms with Gasteiger partial charge in [0.2, 0.25) is 5.91 Å². The zero-order valence-electron chi connectivity index (χ0n) is 17.8. The van der Waals surface area contributed by atoms with Crippen LogP contribution in [0.15, 0.2) is 42.5 Å². The summed E-state index contributed by atoms with van der Waals surface area (Å²) in [6, 6.07) is 12.5. The fourth-order valence-electron chi connectivity index (χ4n) is 3.58. The Morgan fingerprint density at radius 1 is 1.19 bits per heavy atom. The smallest absolute Gasteiger partial charge is 0.253 e. The second-order valence-corrected chi connectivity index (χ2v) is 8.32. The molecule has 2 aromatic carbocycles. The third kappa shape index (κ3) is 6.71. The highest BCUT2D eigenvalue weighted by molar-refractivity contribution is 6.31. The van der Waals surface area contributed by atoms with E-state index in [2.05, 4.69) is 5.32 Å². The molecule has 0 bridgehead atoms. The average molecular weight is 445 g/mol. The number of carbonyl (C=O) groups excluding carboxylic acids is 2. The van der Waals surface area contributed by atoms with Gasteiger partial charge in [-0.3, -0.25) is 9.59 Å². The molecule has 3 rings (SSSR count). The van der Waals surface area contributed by atoms with Gasteiger partial charge in [0, 0.05) is 42.4 Å². The molecule has 1 aliphatic heterocycles. The number of aliphatic hydroxyl groups is 1. The van der Waals surface area contributed by atoms with E-state index >= 15 is 0 Å². The van der Waals surface area contributed by atoms with Crippen LogP contribution in [0.4, 0.5) is 5.69 Å². The molecule has 1 aliphatic rings. The van der Waals surface area contributed by atoms with Crippen molar-refractivity contribution in [3.63, 3.8) is 0 Å². The molecule has 2 amide bonds. The van der Waals surface area contributed by atoms with Crippen LogP contribution in [0.1, 0.15) is 41.6 Å². The number of amides is 2. The highest BCUT2D eigenvalue weighted by atomic mass is 35.5. The normalized spacial score (nSPS) is 14.4. The highest BCUT2D eigenvalue weighted by Gasteiger charge is 2.23. The molecule has 0 aromatic heterocycles. The van der Waals surface area contributed by atoms with Gasteiger partial charge in [-0.15, -0.1) is 0 Å². The van der Waals surface area contributed by atoms with E-state index in [4.69, 9.17) is 16.3 Å². The van der Waals surface area contributed by atoms with Gasteiger partial charge in [0.15, 0.2) is 0 Å². The molecule has 0 radical (unpaired) electrons. The lowest BCUT2D eigenvalue weighted by Crippen LogP contribution is -2.39. The maximum atomic E-state index is 12.7. The number of piperidine rings is 1. The molecule has 7 heteroatoms. The zero-order valence-corrected chi connectivity index (χ0v) is 18.5. The number of halogens is 1. The van der Waals surface area contributed by atoms with Crippen molar-refractivity contribution in [2.24, 2.45) is 5.92 Å². The van der Waals surface area contributed by atoms with Crippen LogP contribution in [0, 0.1) is 12.8 Å². The van der Waals surface area contributed by atoms with E-state index in [1.54, 1.807) is 30.3 Å². The van der Waals surface area contributed by atoms with Crippen LogP contribution in [0.25, 0.3) is 0 Å². The minimum absolute atomic E-state index is 0.0425.